The summed E-state index contributed by atoms with van der Waals surface area (Å²) in [5.41, 5.74) is 9.63. The van der Waals surface area contributed by atoms with Gasteiger partial charge in [0, 0.05) is 4.47 Å². The molecular weight excluding hydrogens is 314 g/mol. The zero-order valence-corrected chi connectivity index (χ0v) is 12.8. The van der Waals surface area contributed by atoms with E-state index in [0.29, 0.717) is 12.5 Å². The van der Waals surface area contributed by atoms with Gasteiger partial charge in [0.25, 0.3) is 0 Å². The van der Waals surface area contributed by atoms with Gasteiger partial charge in [-0.3, -0.25) is 4.99 Å². The molecule has 0 fully saturated rings. The monoisotopic (exact) mass is 329 g/mol. The van der Waals surface area contributed by atoms with Crippen LogP contribution in [-0.2, 0) is 0 Å². The van der Waals surface area contributed by atoms with Crippen LogP contribution in [0.5, 0.6) is 0 Å². The first-order valence-corrected chi connectivity index (χ1v) is 7.36. The summed E-state index contributed by atoms with van der Waals surface area (Å²) in [6.45, 7) is 2.78. The standard InChI is InChI=1S/C16H16BrN3/c1-11-6-8-12(9-7-11)15-10-19-16(18)20(15)14-5-3-2-4-13(14)17/h2-9,15H,10H2,1H3,(H2,18,19). The van der Waals surface area contributed by atoms with Crippen LogP contribution in [0.15, 0.2) is 58.0 Å². The highest BCUT2D eigenvalue weighted by Crippen LogP contribution is 2.35. The van der Waals surface area contributed by atoms with Crippen molar-refractivity contribution in [2.75, 3.05) is 11.4 Å². The topological polar surface area (TPSA) is 41.6 Å². The van der Waals surface area contributed by atoms with E-state index in [-0.39, 0.29) is 6.04 Å². The Morgan fingerprint density at radius 2 is 1.85 bits per heavy atom. The summed E-state index contributed by atoms with van der Waals surface area (Å²) >= 11 is 3.59. The molecule has 1 atom stereocenters. The van der Waals surface area contributed by atoms with Crippen molar-refractivity contribution in [2.24, 2.45) is 10.7 Å². The van der Waals surface area contributed by atoms with E-state index in [4.69, 9.17) is 5.73 Å². The third-order valence-electron chi connectivity index (χ3n) is 3.56. The Bertz CT molecular complexity index is 649. The molecule has 0 aromatic heterocycles. The molecule has 0 bridgehead atoms. The van der Waals surface area contributed by atoms with Gasteiger partial charge < -0.3 is 10.6 Å². The molecule has 102 valence electrons. The van der Waals surface area contributed by atoms with Crippen LogP contribution in [0.1, 0.15) is 17.2 Å². The van der Waals surface area contributed by atoms with Crippen molar-refractivity contribution in [2.45, 2.75) is 13.0 Å². The average Bonchev–Trinajstić information content (AvgIpc) is 2.82. The van der Waals surface area contributed by atoms with Crippen LogP contribution in [0.3, 0.4) is 0 Å². The van der Waals surface area contributed by atoms with E-state index in [0.717, 1.165) is 10.2 Å². The fourth-order valence-corrected chi connectivity index (χ4v) is 2.95. The Morgan fingerprint density at radius 1 is 1.15 bits per heavy atom. The summed E-state index contributed by atoms with van der Waals surface area (Å²) < 4.78 is 1.03. The third kappa shape index (κ3) is 2.31. The molecule has 20 heavy (non-hydrogen) atoms. The third-order valence-corrected chi connectivity index (χ3v) is 4.23. The van der Waals surface area contributed by atoms with E-state index < -0.39 is 0 Å². The van der Waals surface area contributed by atoms with E-state index in [9.17, 15) is 0 Å². The molecule has 3 rings (SSSR count). The van der Waals surface area contributed by atoms with Crippen molar-refractivity contribution >= 4 is 27.6 Å². The van der Waals surface area contributed by atoms with E-state index in [1.807, 2.05) is 18.2 Å². The van der Waals surface area contributed by atoms with Crippen LogP contribution in [0.2, 0.25) is 0 Å². The van der Waals surface area contributed by atoms with Crippen LogP contribution in [0.4, 0.5) is 5.69 Å². The minimum absolute atomic E-state index is 0.161. The van der Waals surface area contributed by atoms with E-state index in [2.05, 4.69) is 63.1 Å². The highest BCUT2D eigenvalue weighted by Gasteiger charge is 2.29. The molecule has 2 N–H and O–H groups in total. The van der Waals surface area contributed by atoms with Gasteiger partial charge in [0.1, 0.15) is 0 Å². The van der Waals surface area contributed by atoms with Gasteiger partial charge in [0.2, 0.25) is 0 Å². The summed E-state index contributed by atoms with van der Waals surface area (Å²) in [5, 5.41) is 0. The van der Waals surface area contributed by atoms with Gasteiger partial charge in [-0.1, -0.05) is 42.0 Å². The number of aryl methyl sites for hydroxylation is 1. The first-order chi connectivity index (χ1) is 9.66. The van der Waals surface area contributed by atoms with Gasteiger partial charge >= 0.3 is 0 Å². The Labute approximate surface area is 127 Å². The second kappa shape index (κ2) is 5.29. The summed E-state index contributed by atoms with van der Waals surface area (Å²) in [6.07, 6.45) is 0. The van der Waals surface area contributed by atoms with Gasteiger partial charge in [-0.05, 0) is 40.5 Å². The van der Waals surface area contributed by atoms with E-state index >= 15 is 0 Å². The van der Waals surface area contributed by atoms with Gasteiger partial charge in [0.15, 0.2) is 5.96 Å². The lowest BCUT2D eigenvalue weighted by molar-refractivity contribution is 0.767. The largest absolute Gasteiger partial charge is 0.369 e. The van der Waals surface area contributed by atoms with Crippen LogP contribution in [0, 0.1) is 6.92 Å². The van der Waals surface area contributed by atoms with E-state index in [1.54, 1.807) is 0 Å². The maximum Gasteiger partial charge on any atom is 0.196 e. The molecule has 0 aliphatic carbocycles. The molecule has 1 unspecified atom stereocenters. The van der Waals surface area contributed by atoms with Crippen molar-refractivity contribution in [3.63, 3.8) is 0 Å². The summed E-state index contributed by atoms with van der Waals surface area (Å²) in [5.74, 6) is 0.572. The minimum atomic E-state index is 0.161. The molecular formula is C16H16BrN3. The Kier molecular flexibility index (Phi) is 3.49. The molecule has 1 aliphatic heterocycles. The lowest BCUT2D eigenvalue weighted by Gasteiger charge is -2.27. The lowest BCUT2D eigenvalue weighted by atomic mass is 10.0. The Balaban J connectivity index is 2.01. The van der Waals surface area contributed by atoms with Crippen LogP contribution in [0.25, 0.3) is 0 Å². The fourth-order valence-electron chi connectivity index (χ4n) is 2.48. The molecule has 1 heterocycles. The van der Waals surface area contributed by atoms with E-state index in [1.165, 1.54) is 11.1 Å². The van der Waals surface area contributed by atoms with Crippen molar-refractivity contribution in [3.05, 3.63) is 64.1 Å². The number of nitrogens with zero attached hydrogens (tertiary/aromatic N) is 2. The second-order valence-electron chi connectivity index (χ2n) is 4.95. The summed E-state index contributed by atoms with van der Waals surface area (Å²) in [7, 11) is 0. The Hall–Kier alpha value is -1.81. The van der Waals surface area contributed by atoms with Gasteiger partial charge in [-0.2, -0.15) is 0 Å². The van der Waals surface area contributed by atoms with Crippen LogP contribution < -0.4 is 10.6 Å². The summed E-state index contributed by atoms with van der Waals surface area (Å²) in [6, 6.07) is 16.8. The molecule has 0 saturated heterocycles. The Morgan fingerprint density at radius 3 is 2.55 bits per heavy atom. The quantitative estimate of drug-likeness (QED) is 0.913. The van der Waals surface area contributed by atoms with Gasteiger partial charge in [-0.25, -0.2) is 0 Å². The number of rotatable bonds is 2. The number of halogens is 1. The number of nitrogens with two attached hydrogens (primary N) is 1. The van der Waals surface area contributed by atoms with Crippen molar-refractivity contribution in [3.8, 4) is 0 Å². The molecule has 2 aromatic rings. The maximum atomic E-state index is 6.09. The summed E-state index contributed by atoms with van der Waals surface area (Å²) in [4.78, 5) is 6.51. The SMILES string of the molecule is Cc1ccc(C2CN=C(N)N2c2ccccc2Br)cc1. The van der Waals surface area contributed by atoms with Crippen LogP contribution >= 0.6 is 15.9 Å². The highest BCUT2D eigenvalue weighted by atomic mass is 79.9. The number of hydrogen-bond acceptors (Lipinski definition) is 3. The number of benzene rings is 2. The smallest absolute Gasteiger partial charge is 0.196 e. The number of aliphatic imine (C=N–C) groups is 1. The number of guanidine groups is 1. The number of anilines is 1. The lowest BCUT2D eigenvalue weighted by Crippen LogP contribution is -2.36. The second-order valence-corrected chi connectivity index (χ2v) is 5.80. The zero-order valence-electron chi connectivity index (χ0n) is 11.3. The van der Waals surface area contributed by atoms with Gasteiger partial charge in [-0.15, -0.1) is 0 Å². The first kappa shape index (κ1) is 13.2. The normalized spacial score (nSPS) is 18.2. The van der Waals surface area contributed by atoms with Gasteiger partial charge in [0.05, 0.1) is 18.3 Å². The first-order valence-electron chi connectivity index (χ1n) is 6.57. The maximum absolute atomic E-state index is 6.09. The minimum Gasteiger partial charge on any atom is -0.369 e. The molecule has 1 aliphatic rings. The van der Waals surface area contributed by atoms with Crippen LogP contribution in [-0.4, -0.2) is 12.5 Å². The zero-order chi connectivity index (χ0) is 14.1. The number of para-hydroxylation sites is 1. The molecule has 3 nitrogen and oxygen atoms in total. The molecule has 2 aromatic carbocycles. The molecule has 0 spiro atoms. The average molecular weight is 330 g/mol. The molecule has 0 amide bonds. The molecule has 0 saturated carbocycles. The fraction of sp³-hybridized carbons (Fsp3) is 0.188. The van der Waals surface area contributed by atoms with Crippen molar-refractivity contribution in [1.29, 1.82) is 0 Å². The molecule has 0 radical (unpaired) electrons. The highest BCUT2D eigenvalue weighted by molar-refractivity contribution is 9.10. The van der Waals surface area contributed by atoms with Crippen molar-refractivity contribution in [1.82, 2.24) is 0 Å². The predicted octanol–water partition coefficient (Wildman–Crippen LogP) is 3.63. The van der Waals surface area contributed by atoms with Crippen molar-refractivity contribution < 1.29 is 0 Å². The molecule has 4 heteroatoms. The number of hydrogen-bond donors (Lipinski definition) is 1. The predicted molar refractivity (Wildman–Crippen MR) is 87.0 cm³/mol.